The smallest absolute Gasteiger partial charge is 0.241 e. The summed E-state index contributed by atoms with van der Waals surface area (Å²) in [4.78, 5) is 14.5. The number of piperazine rings is 1. The largest absolute Gasteiger partial charge is 0.325 e. The average molecular weight is 468 g/mol. The Morgan fingerprint density at radius 2 is 1.63 bits per heavy atom. The number of halogens is 2. The summed E-state index contributed by atoms with van der Waals surface area (Å²) in [7, 11) is -3.51. The van der Waals surface area contributed by atoms with Crippen molar-refractivity contribution in [1.82, 2.24) is 9.21 Å². The van der Waals surface area contributed by atoms with Crippen molar-refractivity contribution >= 4 is 50.9 Å². The van der Waals surface area contributed by atoms with Crippen LogP contribution in [0.25, 0.3) is 6.08 Å². The van der Waals surface area contributed by atoms with Crippen molar-refractivity contribution in [3.8, 4) is 0 Å². The summed E-state index contributed by atoms with van der Waals surface area (Å²) in [5.74, 6) is -0.200. The van der Waals surface area contributed by atoms with Gasteiger partial charge in [0.2, 0.25) is 15.9 Å². The molecule has 1 heterocycles. The van der Waals surface area contributed by atoms with Crippen LogP contribution in [0.5, 0.6) is 0 Å². The van der Waals surface area contributed by atoms with Gasteiger partial charge in [0.05, 0.1) is 6.04 Å². The molecule has 30 heavy (non-hydrogen) atoms. The number of rotatable bonds is 6. The first kappa shape index (κ1) is 22.8. The van der Waals surface area contributed by atoms with Crippen molar-refractivity contribution < 1.29 is 13.2 Å². The molecule has 1 saturated heterocycles. The van der Waals surface area contributed by atoms with Gasteiger partial charge in [-0.05, 0) is 36.8 Å². The van der Waals surface area contributed by atoms with Crippen molar-refractivity contribution in [2.45, 2.75) is 13.0 Å². The Hall–Kier alpha value is -1.90. The number of sulfonamides is 1. The summed E-state index contributed by atoms with van der Waals surface area (Å²) >= 11 is 11.9. The predicted octanol–water partition coefficient (Wildman–Crippen LogP) is 3.94. The van der Waals surface area contributed by atoms with Gasteiger partial charge in [-0.25, -0.2) is 8.42 Å². The third kappa shape index (κ3) is 6.06. The van der Waals surface area contributed by atoms with E-state index < -0.39 is 16.1 Å². The van der Waals surface area contributed by atoms with Gasteiger partial charge in [-0.3, -0.25) is 9.69 Å². The Kier molecular flexibility index (Phi) is 7.55. The van der Waals surface area contributed by atoms with Crippen LogP contribution < -0.4 is 5.32 Å². The third-order valence-electron chi connectivity index (χ3n) is 4.92. The van der Waals surface area contributed by atoms with Gasteiger partial charge in [-0.1, -0.05) is 53.5 Å². The summed E-state index contributed by atoms with van der Waals surface area (Å²) in [5, 5.41) is 4.92. The zero-order valence-electron chi connectivity index (χ0n) is 16.5. The van der Waals surface area contributed by atoms with Crippen LogP contribution in [0.2, 0.25) is 10.0 Å². The van der Waals surface area contributed by atoms with E-state index in [4.69, 9.17) is 23.2 Å². The second-order valence-corrected chi connectivity index (χ2v) is 9.71. The van der Waals surface area contributed by atoms with Crippen molar-refractivity contribution in [2.75, 3.05) is 31.5 Å². The Labute approximate surface area is 187 Å². The lowest BCUT2D eigenvalue weighted by Crippen LogP contribution is -2.53. The Balaban J connectivity index is 1.56. The first-order valence-electron chi connectivity index (χ1n) is 9.49. The van der Waals surface area contributed by atoms with E-state index in [1.54, 1.807) is 31.2 Å². The van der Waals surface area contributed by atoms with Crippen LogP contribution in [0, 0.1) is 0 Å². The summed E-state index contributed by atoms with van der Waals surface area (Å²) in [6.07, 6.45) is 1.59. The molecule has 1 fully saturated rings. The number of hydrogen-bond acceptors (Lipinski definition) is 4. The maximum Gasteiger partial charge on any atom is 0.241 e. The number of hydrogen-bond donors (Lipinski definition) is 1. The van der Waals surface area contributed by atoms with Crippen molar-refractivity contribution in [3.05, 3.63) is 69.5 Å². The molecule has 2 aromatic rings. The highest BCUT2D eigenvalue weighted by Crippen LogP contribution is 2.23. The fourth-order valence-electron chi connectivity index (χ4n) is 3.20. The van der Waals surface area contributed by atoms with E-state index in [0.717, 1.165) is 5.56 Å². The molecular formula is C21H23Cl2N3O3S. The van der Waals surface area contributed by atoms with Gasteiger partial charge >= 0.3 is 0 Å². The number of carbonyl (C=O) groups excluding carboxylic acids is 1. The van der Waals surface area contributed by atoms with Gasteiger partial charge in [0.15, 0.2) is 0 Å². The number of nitrogens with zero attached hydrogens (tertiary/aromatic N) is 2. The molecule has 0 aromatic heterocycles. The summed E-state index contributed by atoms with van der Waals surface area (Å²) in [5.41, 5.74) is 1.35. The molecule has 1 amide bonds. The second kappa shape index (κ2) is 9.94. The minimum absolute atomic E-state index is 0.200. The van der Waals surface area contributed by atoms with Crippen LogP contribution >= 0.6 is 23.2 Å². The fraction of sp³-hybridized carbons (Fsp3) is 0.286. The zero-order valence-corrected chi connectivity index (χ0v) is 18.8. The van der Waals surface area contributed by atoms with Crippen LogP contribution in [-0.2, 0) is 14.8 Å². The number of anilines is 1. The fourth-order valence-corrected chi connectivity index (χ4v) is 4.90. The van der Waals surface area contributed by atoms with E-state index in [-0.39, 0.29) is 5.91 Å². The molecule has 0 spiro atoms. The van der Waals surface area contributed by atoms with Crippen LogP contribution in [-0.4, -0.2) is 55.8 Å². The van der Waals surface area contributed by atoms with Gasteiger partial charge in [-0.15, -0.1) is 0 Å². The molecular weight excluding hydrogens is 445 g/mol. The molecule has 160 valence electrons. The Bertz CT molecular complexity index is 1000. The van der Waals surface area contributed by atoms with E-state index in [2.05, 4.69) is 5.32 Å². The number of amides is 1. The third-order valence-corrected chi connectivity index (χ3v) is 6.92. The normalized spacial score (nSPS) is 17.2. The minimum Gasteiger partial charge on any atom is -0.325 e. The van der Waals surface area contributed by atoms with Gasteiger partial charge in [0.1, 0.15) is 0 Å². The molecule has 6 nitrogen and oxygen atoms in total. The summed E-state index contributed by atoms with van der Waals surface area (Å²) in [6.45, 7) is 3.36. The monoisotopic (exact) mass is 467 g/mol. The topological polar surface area (TPSA) is 69.7 Å². The van der Waals surface area contributed by atoms with Gasteiger partial charge in [0.25, 0.3) is 0 Å². The van der Waals surface area contributed by atoms with Crippen LogP contribution in [0.3, 0.4) is 0 Å². The van der Waals surface area contributed by atoms with Crippen molar-refractivity contribution in [1.29, 1.82) is 0 Å². The molecule has 1 N–H and O–H groups in total. The van der Waals surface area contributed by atoms with Crippen molar-refractivity contribution in [2.24, 2.45) is 0 Å². The predicted molar refractivity (Wildman–Crippen MR) is 122 cm³/mol. The van der Waals surface area contributed by atoms with Gasteiger partial charge in [-0.2, -0.15) is 4.31 Å². The SMILES string of the molecule is CC(C(=O)Nc1cc(Cl)cc(Cl)c1)N1CCN(S(=O)(=O)C=Cc2ccccc2)CC1. The molecule has 0 bridgehead atoms. The maximum atomic E-state index is 12.6. The number of benzene rings is 2. The Morgan fingerprint density at radius 1 is 1.03 bits per heavy atom. The molecule has 1 atom stereocenters. The molecule has 3 rings (SSSR count). The lowest BCUT2D eigenvalue weighted by molar-refractivity contribution is -0.121. The standard InChI is InChI=1S/C21H23Cl2N3O3S/c1-16(21(27)24-20-14-18(22)13-19(23)15-20)25-8-10-26(11-9-25)30(28,29)12-7-17-5-3-2-4-6-17/h2-7,12-16H,8-11H2,1H3,(H,24,27). The molecule has 1 aliphatic rings. The quantitative estimate of drug-likeness (QED) is 0.698. The van der Waals surface area contributed by atoms with Crippen LogP contribution in [0.4, 0.5) is 5.69 Å². The highest BCUT2D eigenvalue weighted by atomic mass is 35.5. The lowest BCUT2D eigenvalue weighted by atomic mass is 10.2. The first-order valence-corrected chi connectivity index (χ1v) is 11.7. The molecule has 1 unspecified atom stereocenters. The number of carbonyl (C=O) groups is 1. The van der Waals surface area contributed by atoms with Gasteiger partial charge < -0.3 is 5.32 Å². The molecule has 0 saturated carbocycles. The first-order chi connectivity index (χ1) is 14.2. The Morgan fingerprint density at radius 3 is 2.23 bits per heavy atom. The second-order valence-electron chi connectivity index (χ2n) is 7.02. The molecule has 0 aliphatic carbocycles. The van der Waals surface area contributed by atoms with Crippen LogP contribution in [0.15, 0.2) is 53.9 Å². The number of nitrogens with one attached hydrogen (secondary N) is 1. The lowest BCUT2D eigenvalue weighted by Gasteiger charge is -2.36. The average Bonchev–Trinajstić information content (AvgIpc) is 2.72. The van der Waals surface area contributed by atoms with E-state index in [0.29, 0.717) is 41.9 Å². The van der Waals surface area contributed by atoms with Crippen LogP contribution in [0.1, 0.15) is 12.5 Å². The van der Waals surface area contributed by atoms with Crippen molar-refractivity contribution in [3.63, 3.8) is 0 Å². The minimum atomic E-state index is -3.51. The van der Waals surface area contributed by atoms with Gasteiger partial charge in [0, 0.05) is 47.3 Å². The molecule has 0 radical (unpaired) electrons. The highest BCUT2D eigenvalue weighted by Gasteiger charge is 2.29. The summed E-state index contributed by atoms with van der Waals surface area (Å²) in [6, 6.07) is 13.7. The molecule has 1 aliphatic heterocycles. The van der Waals surface area contributed by atoms with E-state index in [9.17, 15) is 13.2 Å². The molecule has 2 aromatic carbocycles. The van der Waals surface area contributed by atoms with E-state index in [1.165, 1.54) is 9.71 Å². The molecule has 9 heteroatoms. The maximum absolute atomic E-state index is 12.6. The highest BCUT2D eigenvalue weighted by molar-refractivity contribution is 7.92. The van der Waals surface area contributed by atoms with E-state index in [1.807, 2.05) is 35.2 Å². The zero-order chi connectivity index (χ0) is 21.7. The summed E-state index contributed by atoms with van der Waals surface area (Å²) < 4.78 is 26.6. The van der Waals surface area contributed by atoms with E-state index >= 15 is 0 Å².